The molecular weight excluding hydrogens is 216 g/mol. The van der Waals surface area contributed by atoms with Crippen LogP contribution in [0.4, 0.5) is 5.69 Å². The molecular formula is C13H16N2O2. The standard InChI is InChI=1S/C13H16N2O2/c1-9(2)10-5-3-4-6-11(10)15-8-7-14-12(16)13(15)17/h3-6,9H,7-8H2,1-2H3,(H,14,16). The van der Waals surface area contributed by atoms with Crippen molar-refractivity contribution in [1.82, 2.24) is 5.32 Å². The van der Waals surface area contributed by atoms with E-state index in [1.165, 1.54) is 0 Å². The molecule has 0 saturated carbocycles. The van der Waals surface area contributed by atoms with Crippen molar-refractivity contribution in [2.45, 2.75) is 19.8 Å². The Kier molecular flexibility index (Phi) is 3.13. The second-order valence-corrected chi connectivity index (χ2v) is 4.43. The van der Waals surface area contributed by atoms with Crippen molar-refractivity contribution in [3.63, 3.8) is 0 Å². The van der Waals surface area contributed by atoms with Crippen LogP contribution in [0.5, 0.6) is 0 Å². The van der Waals surface area contributed by atoms with Crippen LogP contribution in [0.1, 0.15) is 25.3 Å². The smallest absolute Gasteiger partial charge is 0.316 e. The van der Waals surface area contributed by atoms with Crippen LogP contribution in [0.25, 0.3) is 0 Å². The van der Waals surface area contributed by atoms with Gasteiger partial charge >= 0.3 is 11.8 Å². The maximum Gasteiger partial charge on any atom is 0.316 e. The maximum atomic E-state index is 11.8. The molecule has 2 amide bonds. The first-order valence-electron chi connectivity index (χ1n) is 5.80. The van der Waals surface area contributed by atoms with E-state index in [0.717, 1.165) is 11.3 Å². The van der Waals surface area contributed by atoms with Crippen LogP contribution in [-0.2, 0) is 9.59 Å². The number of rotatable bonds is 2. The van der Waals surface area contributed by atoms with Crippen molar-refractivity contribution in [2.24, 2.45) is 0 Å². The molecule has 1 fully saturated rings. The van der Waals surface area contributed by atoms with Gasteiger partial charge in [-0.05, 0) is 17.5 Å². The lowest BCUT2D eigenvalue weighted by molar-refractivity contribution is -0.138. The topological polar surface area (TPSA) is 49.4 Å². The van der Waals surface area contributed by atoms with Gasteiger partial charge in [0, 0.05) is 18.8 Å². The summed E-state index contributed by atoms with van der Waals surface area (Å²) in [4.78, 5) is 24.7. The third-order valence-corrected chi connectivity index (χ3v) is 2.91. The molecule has 0 aliphatic carbocycles. The van der Waals surface area contributed by atoms with Crippen LogP contribution < -0.4 is 10.2 Å². The third-order valence-electron chi connectivity index (χ3n) is 2.91. The van der Waals surface area contributed by atoms with Gasteiger partial charge in [0.2, 0.25) is 0 Å². The predicted octanol–water partition coefficient (Wildman–Crippen LogP) is 1.27. The Morgan fingerprint density at radius 1 is 1.24 bits per heavy atom. The SMILES string of the molecule is CC(C)c1ccccc1N1CCNC(=O)C1=O. The first kappa shape index (κ1) is 11.6. The van der Waals surface area contributed by atoms with Crippen molar-refractivity contribution in [3.8, 4) is 0 Å². The van der Waals surface area contributed by atoms with Gasteiger partial charge in [0.25, 0.3) is 0 Å². The minimum atomic E-state index is -0.519. The number of hydrogen-bond donors (Lipinski definition) is 1. The molecule has 0 radical (unpaired) electrons. The Morgan fingerprint density at radius 2 is 1.94 bits per heavy atom. The molecule has 0 bridgehead atoms. The van der Waals surface area contributed by atoms with Crippen LogP contribution >= 0.6 is 0 Å². The number of piperazine rings is 1. The van der Waals surface area contributed by atoms with Crippen molar-refractivity contribution in [1.29, 1.82) is 0 Å². The normalized spacial score (nSPS) is 16.3. The fourth-order valence-electron chi connectivity index (χ4n) is 2.03. The second-order valence-electron chi connectivity index (χ2n) is 4.43. The summed E-state index contributed by atoms with van der Waals surface area (Å²) in [5.41, 5.74) is 1.94. The van der Waals surface area contributed by atoms with Gasteiger partial charge < -0.3 is 10.2 Å². The number of amides is 2. The molecule has 2 rings (SSSR count). The molecule has 0 spiro atoms. The summed E-state index contributed by atoms with van der Waals surface area (Å²) in [7, 11) is 0. The zero-order chi connectivity index (χ0) is 12.4. The summed E-state index contributed by atoms with van der Waals surface area (Å²) in [6.07, 6.45) is 0. The average molecular weight is 232 g/mol. The van der Waals surface area contributed by atoms with Gasteiger partial charge in [0.05, 0.1) is 0 Å². The Labute approximate surface area is 101 Å². The Morgan fingerprint density at radius 3 is 2.65 bits per heavy atom. The number of carbonyl (C=O) groups excluding carboxylic acids is 2. The molecule has 90 valence electrons. The largest absolute Gasteiger partial charge is 0.346 e. The van der Waals surface area contributed by atoms with Gasteiger partial charge in [-0.1, -0.05) is 32.0 Å². The lowest BCUT2D eigenvalue weighted by atomic mass is 10.00. The number of benzene rings is 1. The summed E-state index contributed by atoms with van der Waals surface area (Å²) in [6, 6.07) is 7.74. The minimum absolute atomic E-state index is 0.323. The zero-order valence-corrected chi connectivity index (χ0v) is 10.1. The highest BCUT2D eigenvalue weighted by Crippen LogP contribution is 2.27. The second kappa shape index (κ2) is 4.57. The number of para-hydroxylation sites is 1. The molecule has 17 heavy (non-hydrogen) atoms. The minimum Gasteiger partial charge on any atom is -0.346 e. The van der Waals surface area contributed by atoms with E-state index in [0.29, 0.717) is 19.0 Å². The van der Waals surface area contributed by atoms with Crippen molar-refractivity contribution in [3.05, 3.63) is 29.8 Å². The van der Waals surface area contributed by atoms with Crippen molar-refractivity contribution in [2.75, 3.05) is 18.0 Å². The van der Waals surface area contributed by atoms with Crippen LogP contribution in [0.3, 0.4) is 0 Å². The van der Waals surface area contributed by atoms with Gasteiger partial charge in [0.15, 0.2) is 0 Å². The van der Waals surface area contributed by atoms with Gasteiger partial charge in [-0.25, -0.2) is 0 Å². The molecule has 1 saturated heterocycles. The Balaban J connectivity index is 2.39. The van der Waals surface area contributed by atoms with Crippen LogP contribution in [-0.4, -0.2) is 24.9 Å². The molecule has 1 aliphatic rings. The highest BCUT2D eigenvalue weighted by atomic mass is 16.2. The first-order chi connectivity index (χ1) is 8.11. The quantitative estimate of drug-likeness (QED) is 0.781. The summed E-state index contributed by atoms with van der Waals surface area (Å²) < 4.78 is 0. The molecule has 0 aromatic heterocycles. The van der Waals surface area contributed by atoms with Crippen molar-refractivity contribution >= 4 is 17.5 Å². The van der Waals surface area contributed by atoms with Crippen LogP contribution in [0.15, 0.2) is 24.3 Å². The van der Waals surface area contributed by atoms with Crippen molar-refractivity contribution < 1.29 is 9.59 Å². The lowest BCUT2D eigenvalue weighted by Crippen LogP contribution is -2.52. The molecule has 1 aliphatic heterocycles. The molecule has 4 heteroatoms. The maximum absolute atomic E-state index is 11.8. The van der Waals surface area contributed by atoms with E-state index in [-0.39, 0.29) is 0 Å². The van der Waals surface area contributed by atoms with E-state index in [1.54, 1.807) is 4.90 Å². The van der Waals surface area contributed by atoms with E-state index in [1.807, 2.05) is 24.3 Å². The molecule has 4 nitrogen and oxygen atoms in total. The Bertz CT molecular complexity index is 454. The van der Waals surface area contributed by atoms with Gasteiger partial charge in [-0.15, -0.1) is 0 Å². The van der Waals surface area contributed by atoms with Crippen LogP contribution in [0.2, 0.25) is 0 Å². The Hall–Kier alpha value is -1.84. The van der Waals surface area contributed by atoms with E-state index in [9.17, 15) is 9.59 Å². The summed E-state index contributed by atoms with van der Waals surface area (Å²) >= 11 is 0. The number of carbonyl (C=O) groups is 2. The molecule has 1 aromatic carbocycles. The van der Waals surface area contributed by atoms with Crippen LogP contribution in [0, 0.1) is 0 Å². The third kappa shape index (κ3) is 2.16. The number of anilines is 1. The lowest BCUT2D eigenvalue weighted by Gasteiger charge is -2.29. The van der Waals surface area contributed by atoms with Gasteiger partial charge in [-0.3, -0.25) is 9.59 Å². The highest BCUT2D eigenvalue weighted by molar-refractivity contribution is 6.41. The van der Waals surface area contributed by atoms with Gasteiger partial charge in [0.1, 0.15) is 0 Å². The van der Waals surface area contributed by atoms with E-state index in [4.69, 9.17) is 0 Å². The number of hydrogen-bond acceptors (Lipinski definition) is 2. The number of nitrogens with zero attached hydrogens (tertiary/aromatic N) is 1. The summed E-state index contributed by atoms with van der Waals surface area (Å²) in [5, 5.41) is 2.55. The summed E-state index contributed by atoms with van der Waals surface area (Å²) in [6.45, 7) is 5.20. The molecule has 1 aromatic rings. The predicted molar refractivity (Wildman–Crippen MR) is 65.9 cm³/mol. The summed E-state index contributed by atoms with van der Waals surface area (Å²) in [5.74, 6) is -0.664. The molecule has 1 heterocycles. The zero-order valence-electron chi connectivity index (χ0n) is 10.1. The highest BCUT2D eigenvalue weighted by Gasteiger charge is 2.28. The first-order valence-corrected chi connectivity index (χ1v) is 5.80. The van der Waals surface area contributed by atoms with E-state index < -0.39 is 11.8 Å². The average Bonchev–Trinajstić information content (AvgIpc) is 2.33. The fourth-order valence-corrected chi connectivity index (χ4v) is 2.03. The van der Waals surface area contributed by atoms with Gasteiger partial charge in [-0.2, -0.15) is 0 Å². The van der Waals surface area contributed by atoms with E-state index >= 15 is 0 Å². The van der Waals surface area contributed by atoms with E-state index in [2.05, 4.69) is 19.2 Å². The molecule has 0 unspecified atom stereocenters. The monoisotopic (exact) mass is 232 g/mol. The number of nitrogens with one attached hydrogen (secondary N) is 1. The fraction of sp³-hybridized carbons (Fsp3) is 0.385. The molecule has 0 atom stereocenters. The molecule has 1 N–H and O–H groups in total.